The van der Waals surface area contributed by atoms with E-state index >= 15 is 0 Å². The van der Waals surface area contributed by atoms with Crippen molar-refractivity contribution in [3.63, 3.8) is 0 Å². The summed E-state index contributed by atoms with van der Waals surface area (Å²) in [5, 5.41) is 10.5. The van der Waals surface area contributed by atoms with Gasteiger partial charge in [-0.05, 0) is 18.6 Å². The van der Waals surface area contributed by atoms with Gasteiger partial charge in [0.05, 0.1) is 36.9 Å². The second-order valence-corrected chi connectivity index (χ2v) is 5.94. The molecule has 120 valence electrons. The molecule has 0 saturated carbocycles. The summed E-state index contributed by atoms with van der Waals surface area (Å²) in [4.78, 5) is 6.99. The molecule has 1 saturated heterocycles. The standard InChI is InChI=1S/C17H25N3O2/c1-2-5-17-18-15-6-3-4-7-16(15)20(17)13-14(21)12-19-8-10-22-11-9-19/h3-4,6-7,14,21H,2,5,8-13H2,1H3. The van der Waals surface area contributed by atoms with Crippen LogP contribution < -0.4 is 0 Å². The van der Waals surface area contributed by atoms with Crippen molar-refractivity contribution in [2.24, 2.45) is 0 Å². The minimum atomic E-state index is -0.383. The van der Waals surface area contributed by atoms with Crippen molar-refractivity contribution < 1.29 is 9.84 Å². The molecule has 1 aromatic heterocycles. The molecule has 1 aliphatic heterocycles. The van der Waals surface area contributed by atoms with Gasteiger partial charge in [0, 0.05) is 26.1 Å². The van der Waals surface area contributed by atoms with Crippen LogP contribution in [0.3, 0.4) is 0 Å². The van der Waals surface area contributed by atoms with Crippen molar-refractivity contribution >= 4 is 11.0 Å². The summed E-state index contributed by atoms with van der Waals surface area (Å²) in [5.41, 5.74) is 2.14. The van der Waals surface area contributed by atoms with E-state index in [1.165, 1.54) is 0 Å². The fourth-order valence-electron chi connectivity index (χ4n) is 3.09. The first-order valence-corrected chi connectivity index (χ1v) is 8.20. The maximum atomic E-state index is 10.5. The molecule has 0 spiro atoms. The highest BCUT2D eigenvalue weighted by atomic mass is 16.5. The lowest BCUT2D eigenvalue weighted by Gasteiger charge is -2.28. The number of nitrogens with zero attached hydrogens (tertiary/aromatic N) is 3. The van der Waals surface area contributed by atoms with Crippen LogP contribution in [0.2, 0.25) is 0 Å². The van der Waals surface area contributed by atoms with E-state index < -0.39 is 0 Å². The van der Waals surface area contributed by atoms with E-state index in [1.807, 2.05) is 18.2 Å². The van der Waals surface area contributed by atoms with E-state index in [1.54, 1.807) is 0 Å². The maximum absolute atomic E-state index is 10.5. The Morgan fingerprint density at radius 1 is 1.23 bits per heavy atom. The summed E-state index contributed by atoms with van der Waals surface area (Å²) < 4.78 is 7.54. The molecule has 1 aliphatic rings. The van der Waals surface area contributed by atoms with Gasteiger partial charge in [-0.2, -0.15) is 0 Å². The van der Waals surface area contributed by atoms with Crippen LogP contribution in [0.15, 0.2) is 24.3 Å². The van der Waals surface area contributed by atoms with Gasteiger partial charge < -0.3 is 14.4 Å². The number of morpholine rings is 1. The molecule has 1 atom stereocenters. The first-order valence-electron chi connectivity index (χ1n) is 8.20. The fourth-order valence-corrected chi connectivity index (χ4v) is 3.09. The number of aromatic nitrogens is 2. The van der Waals surface area contributed by atoms with E-state index in [4.69, 9.17) is 9.72 Å². The Morgan fingerprint density at radius 2 is 2.00 bits per heavy atom. The molecule has 1 aromatic carbocycles. The van der Waals surface area contributed by atoms with E-state index in [2.05, 4.69) is 22.5 Å². The SMILES string of the molecule is CCCc1nc2ccccc2n1CC(O)CN1CCOCC1. The maximum Gasteiger partial charge on any atom is 0.109 e. The van der Waals surface area contributed by atoms with Gasteiger partial charge in [0.1, 0.15) is 5.82 Å². The second kappa shape index (κ2) is 7.22. The second-order valence-electron chi connectivity index (χ2n) is 5.94. The molecule has 1 N–H and O–H groups in total. The molecular weight excluding hydrogens is 278 g/mol. The van der Waals surface area contributed by atoms with Crippen LogP contribution in [-0.2, 0) is 17.7 Å². The van der Waals surface area contributed by atoms with Crippen molar-refractivity contribution in [1.29, 1.82) is 0 Å². The number of para-hydroxylation sites is 2. The Bertz CT molecular complexity index is 605. The third kappa shape index (κ3) is 3.48. The molecule has 1 unspecified atom stereocenters. The highest BCUT2D eigenvalue weighted by Crippen LogP contribution is 2.18. The van der Waals surface area contributed by atoms with E-state index in [-0.39, 0.29) is 6.10 Å². The zero-order valence-electron chi connectivity index (χ0n) is 13.2. The predicted molar refractivity (Wildman–Crippen MR) is 87.0 cm³/mol. The Morgan fingerprint density at radius 3 is 2.77 bits per heavy atom. The molecule has 22 heavy (non-hydrogen) atoms. The van der Waals surface area contributed by atoms with Gasteiger partial charge in [-0.3, -0.25) is 4.90 Å². The summed E-state index contributed by atoms with van der Waals surface area (Å²) in [7, 11) is 0. The first kappa shape index (κ1) is 15.5. The topological polar surface area (TPSA) is 50.5 Å². The molecule has 5 nitrogen and oxygen atoms in total. The number of hydrogen-bond acceptors (Lipinski definition) is 4. The number of imidazole rings is 1. The van der Waals surface area contributed by atoms with Gasteiger partial charge in [-0.25, -0.2) is 4.98 Å². The van der Waals surface area contributed by atoms with Crippen molar-refractivity contribution in [3.05, 3.63) is 30.1 Å². The highest BCUT2D eigenvalue weighted by Gasteiger charge is 2.18. The van der Waals surface area contributed by atoms with Crippen molar-refractivity contribution in [2.45, 2.75) is 32.4 Å². The highest BCUT2D eigenvalue weighted by molar-refractivity contribution is 5.75. The quantitative estimate of drug-likeness (QED) is 0.882. The van der Waals surface area contributed by atoms with E-state index in [9.17, 15) is 5.11 Å². The summed E-state index contributed by atoms with van der Waals surface area (Å²) in [6, 6.07) is 8.17. The average molecular weight is 303 g/mol. The number of aliphatic hydroxyl groups is 1. The number of ether oxygens (including phenoxy) is 1. The van der Waals surface area contributed by atoms with Crippen LogP contribution in [0.1, 0.15) is 19.2 Å². The van der Waals surface area contributed by atoms with Crippen LogP contribution in [0.25, 0.3) is 11.0 Å². The minimum absolute atomic E-state index is 0.383. The monoisotopic (exact) mass is 303 g/mol. The fraction of sp³-hybridized carbons (Fsp3) is 0.588. The van der Waals surface area contributed by atoms with E-state index in [0.717, 1.165) is 56.0 Å². The normalized spacial score (nSPS) is 17.9. The van der Waals surface area contributed by atoms with Gasteiger partial charge >= 0.3 is 0 Å². The number of rotatable bonds is 6. The van der Waals surface area contributed by atoms with Crippen LogP contribution in [0, 0.1) is 0 Å². The van der Waals surface area contributed by atoms with Gasteiger partial charge in [0.25, 0.3) is 0 Å². The molecular formula is C17H25N3O2. The van der Waals surface area contributed by atoms with Crippen LogP contribution in [0.5, 0.6) is 0 Å². The smallest absolute Gasteiger partial charge is 0.109 e. The molecule has 0 amide bonds. The first-order chi connectivity index (χ1) is 10.8. The summed E-state index contributed by atoms with van der Waals surface area (Å²) >= 11 is 0. The van der Waals surface area contributed by atoms with Gasteiger partial charge in [0.15, 0.2) is 0 Å². The van der Waals surface area contributed by atoms with Gasteiger partial charge in [-0.1, -0.05) is 19.1 Å². The lowest BCUT2D eigenvalue weighted by atomic mass is 10.2. The molecule has 2 aromatic rings. The molecule has 0 radical (unpaired) electrons. The van der Waals surface area contributed by atoms with Gasteiger partial charge in [-0.15, -0.1) is 0 Å². The molecule has 0 aliphatic carbocycles. The predicted octanol–water partition coefficient (Wildman–Crippen LogP) is 1.68. The number of aryl methyl sites for hydroxylation is 1. The molecule has 1 fully saturated rings. The lowest BCUT2D eigenvalue weighted by molar-refractivity contribution is 0.0116. The van der Waals surface area contributed by atoms with Crippen molar-refractivity contribution in [3.8, 4) is 0 Å². The summed E-state index contributed by atoms with van der Waals surface area (Å²) in [5.74, 6) is 1.07. The average Bonchev–Trinajstić information content (AvgIpc) is 2.86. The summed E-state index contributed by atoms with van der Waals surface area (Å²) in [6.07, 6.45) is 1.62. The van der Waals surface area contributed by atoms with Crippen LogP contribution in [0.4, 0.5) is 0 Å². The number of fused-ring (bicyclic) bond motifs is 1. The Hall–Kier alpha value is -1.43. The number of hydrogen-bond donors (Lipinski definition) is 1. The van der Waals surface area contributed by atoms with E-state index in [0.29, 0.717) is 13.1 Å². The molecule has 0 bridgehead atoms. The number of benzene rings is 1. The lowest BCUT2D eigenvalue weighted by Crippen LogP contribution is -2.42. The molecule has 2 heterocycles. The third-order valence-corrected chi connectivity index (χ3v) is 4.17. The zero-order chi connectivity index (χ0) is 15.4. The van der Waals surface area contributed by atoms with Gasteiger partial charge in [0.2, 0.25) is 0 Å². The van der Waals surface area contributed by atoms with Crippen LogP contribution in [-0.4, -0.2) is 58.5 Å². The Balaban J connectivity index is 1.75. The third-order valence-electron chi connectivity index (χ3n) is 4.17. The molecule has 5 heteroatoms. The number of β-amino-alcohol motifs (C(OH)–C–C–N with tert-alkyl or cyclic N) is 1. The largest absolute Gasteiger partial charge is 0.390 e. The van der Waals surface area contributed by atoms with Crippen molar-refractivity contribution in [2.75, 3.05) is 32.8 Å². The Kier molecular flexibility index (Phi) is 5.08. The number of aliphatic hydroxyl groups excluding tert-OH is 1. The van der Waals surface area contributed by atoms with Crippen LogP contribution >= 0.6 is 0 Å². The van der Waals surface area contributed by atoms with Crippen molar-refractivity contribution in [1.82, 2.24) is 14.5 Å². The minimum Gasteiger partial charge on any atom is -0.390 e. The Labute approximate surface area is 131 Å². The molecule has 3 rings (SSSR count). The zero-order valence-corrected chi connectivity index (χ0v) is 13.2. The summed E-state index contributed by atoms with van der Waals surface area (Å²) in [6.45, 7) is 6.80.